The van der Waals surface area contributed by atoms with Crippen molar-refractivity contribution in [1.82, 2.24) is 20.4 Å². The minimum absolute atomic E-state index is 0.221. The Morgan fingerprint density at radius 3 is 3.05 bits per heavy atom. The van der Waals surface area contributed by atoms with Gasteiger partial charge < -0.3 is 19.5 Å². The second-order valence-corrected chi connectivity index (χ2v) is 5.54. The Labute approximate surface area is 125 Å². The summed E-state index contributed by atoms with van der Waals surface area (Å²) in [4.78, 5) is 17.7. The van der Waals surface area contributed by atoms with E-state index in [1.165, 1.54) is 0 Å². The lowest BCUT2D eigenvalue weighted by Crippen LogP contribution is -2.36. The summed E-state index contributed by atoms with van der Waals surface area (Å²) in [6.07, 6.45) is 1.45. The van der Waals surface area contributed by atoms with Crippen LogP contribution < -0.4 is 5.32 Å². The summed E-state index contributed by atoms with van der Waals surface area (Å²) < 4.78 is 10.2. The number of ether oxygens (including phenoxy) is 1. The van der Waals surface area contributed by atoms with Gasteiger partial charge in [-0.05, 0) is 13.3 Å². The smallest absolute Gasteiger partial charge is 0.409 e. The minimum atomic E-state index is -0.221. The third-order valence-electron chi connectivity index (χ3n) is 3.47. The highest BCUT2D eigenvalue weighted by Gasteiger charge is 2.26. The van der Waals surface area contributed by atoms with Crippen LogP contribution in [0.25, 0.3) is 0 Å². The molecule has 1 atom stereocenters. The lowest BCUT2D eigenvalue weighted by Gasteiger charge is -2.16. The highest BCUT2D eigenvalue weighted by atomic mass is 16.6. The van der Waals surface area contributed by atoms with Crippen LogP contribution in [0.3, 0.4) is 0 Å². The Bertz CT molecular complexity index is 461. The summed E-state index contributed by atoms with van der Waals surface area (Å²) in [5.41, 5.74) is 0. The molecule has 0 aromatic carbocycles. The van der Waals surface area contributed by atoms with Crippen molar-refractivity contribution in [2.24, 2.45) is 0 Å². The molecule has 1 aromatic rings. The number of aromatic nitrogens is 2. The molecule has 21 heavy (non-hydrogen) atoms. The molecule has 0 radical (unpaired) electrons. The Morgan fingerprint density at radius 2 is 2.38 bits per heavy atom. The largest absolute Gasteiger partial charge is 0.450 e. The number of nitrogens with zero attached hydrogens (tertiary/aromatic N) is 3. The molecule has 7 nitrogen and oxygen atoms in total. The maximum Gasteiger partial charge on any atom is 0.409 e. The normalized spacial score (nSPS) is 18.5. The van der Waals surface area contributed by atoms with Crippen molar-refractivity contribution in [2.75, 3.05) is 26.2 Å². The molecule has 0 saturated carbocycles. The van der Waals surface area contributed by atoms with Gasteiger partial charge in [-0.1, -0.05) is 19.0 Å². The summed E-state index contributed by atoms with van der Waals surface area (Å²) in [7, 11) is 0. The van der Waals surface area contributed by atoms with Gasteiger partial charge in [0.2, 0.25) is 5.89 Å². The van der Waals surface area contributed by atoms with Crippen molar-refractivity contribution in [1.29, 1.82) is 0 Å². The van der Waals surface area contributed by atoms with E-state index >= 15 is 0 Å². The zero-order valence-electron chi connectivity index (χ0n) is 13.0. The van der Waals surface area contributed by atoms with E-state index in [1.807, 2.05) is 20.8 Å². The van der Waals surface area contributed by atoms with E-state index in [9.17, 15) is 4.79 Å². The van der Waals surface area contributed by atoms with Gasteiger partial charge >= 0.3 is 6.09 Å². The van der Waals surface area contributed by atoms with Gasteiger partial charge in [-0.15, -0.1) is 0 Å². The number of carbonyl (C=O) groups is 1. The van der Waals surface area contributed by atoms with Crippen LogP contribution in [0.2, 0.25) is 0 Å². The van der Waals surface area contributed by atoms with E-state index in [0.717, 1.165) is 31.8 Å². The van der Waals surface area contributed by atoms with Crippen LogP contribution in [-0.2, 0) is 11.2 Å². The molecule has 1 amide bonds. The monoisotopic (exact) mass is 296 g/mol. The molecule has 2 heterocycles. The summed E-state index contributed by atoms with van der Waals surface area (Å²) in [5.74, 6) is 1.66. The molecule has 0 spiro atoms. The van der Waals surface area contributed by atoms with Crippen LogP contribution in [0, 0.1) is 0 Å². The number of likely N-dealkylation sites (tertiary alicyclic amines) is 1. The maximum absolute atomic E-state index is 11.6. The van der Waals surface area contributed by atoms with E-state index in [2.05, 4.69) is 15.5 Å². The van der Waals surface area contributed by atoms with Crippen molar-refractivity contribution in [2.45, 2.75) is 45.6 Å². The molecule has 0 aliphatic carbocycles. The van der Waals surface area contributed by atoms with E-state index in [-0.39, 0.29) is 12.0 Å². The molecule has 1 aliphatic heterocycles. The highest BCUT2D eigenvalue weighted by Crippen LogP contribution is 2.12. The summed E-state index contributed by atoms with van der Waals surface area (Å²) in [5, 5.41) is 7.38. The molecular formula is C14H24N4O3. The fourth-order valence-electron chi connectivity index (χ4n) is 2.30. The number of amides is 1. The summed E-state index contributed by atoms with van der Waals surface area (Å²) in [6, 6.07) is 0.311. The Kier molecular flexibility index (Phi) is 5.55. The third kappa shape index (κ3) is 4.42. The number of hydrogen-bond donors (Lipinski definition) is 1. The van der Waals surface area contributed by atoms with Crippen molar-refractivity contribution >= 4 is 6.09 Å². The fourth-order valence-corrected chi connectivity index (χ4v) is 2.30. The Morgan fingerprint density at radius 1 is 1.57 bits per heavy atom. The lowest BCUT2D eigenvalue weighted by atomic mass is 10.2. The van der Waals surface area contributed by atoms with E-state index in [1.54, 1.807) is 4.90 Å². The zero-order valence-corrected chi connectivity index (χ0v) is 13.0. The first-order valence-electron chi connectivity index (χ1n) is 7.57. The second-order valence-electron chi connectivity index (χ2n) is 5.54. The van der Waals surface area contributed by atoms with Gasteiger partial charge in [0.15, 0.2) is 5.82 Å². The molecule has 0 unspecified atom stereocenters. The van der Waals surface area contributed by atoms with Gasteiger partial charge in [0.1, 0.15) is 0 Å². The Balaban J connectivity index is 1.68. The van der Waals surface area contributed by atoms with Crippen LogP contribution in [0.5, 0.6) is 0 Å². The van der Waals surface area contributed by atoms with Gasteiger partial charge in [0.25, 0.3) is 0 Å². The van der Waals surface area contributed by atoms with Crippen LogP contribution in [0.4, 0.5) is 4.79 Å². The SMILES string of the molecule is CCOC(=O)N1CC[C@H](NCCc2noc(C(C)C)n2)C1. The van der Waals surface area contributed by atoms with Crippen LogP contribution in [0.15, 0.2) is 4.52 Å². The van der Waals surface area contributed by atoms with Crippen molar-refractivity contribution < 1.29 is 14.1 Å². The zero-order chi connectivity index (χ0) is 15.2. The molecule has 7 heteroatoms. The maximum atomic E-state index is 11.6. The molecule has 118 valence electrons. The molecule has 1 saturated heterocycles. The number of hydrogen-bond acceptors (Lipinski definition) is 6. The number of carbonyl (C=O) groups excluding carboxylic acids is 1. The third-order valence-corrected chi connectivity index (χ3v) is 3.47. The lowest BCUT2D eigenvalue weighted by molar-refractivity contribution is 0.115. The summed E-state index contributed by atoms with van der Waals surface area (Å²) in [6.45, 7) is 8.51. The van der Waals surface area contributed by atoms with Crippen LogP contribution >= 0.6 is 0 Å². The highest BCUT2D eigenvalue weighted by molar-refractivity contribution is 5.68. The second kappa shape index (κ2) is 7.40. The first-order valence-corrected chi connectivity index (χ1v) is 7.57. The predicted octanol–water partition coefficient (Wildman–Crippen LogP) is 1.56. The first-order chi connectivity index (χ1) is 10.1. The van der Waals surface area contributed by atoms with Gasteiger partial charge in [-0.3, -0.25) is 0 Å². The molecule has 2 rings (SSSR count). The van der Waals surface area contributed by atoms with E-state index in [0.29, 0.717) is 25.1 Å². The predicted molar refractivity (Wildman–Crippen MR) is 77.1 cm³/mol. The average molecular weight is 296 g/mol. The topological polar surface area (TPSA) is 80.5 Å². The van der Waals surface area contributed by atoms with Crippen molar-refractivity contribution in [3.63, 3.8) is 0 Å². The quantitative estimate of drug-likeness (QED) is 0.858. The summed E-state index contributed by atoms with van der Waals surface area (Å²) >= 11 is 0. The number of rotatable bonds is 6. The van der Waals surface area contributed by atoms with Gasteiger partial charge in [-0.25, -0.2) is 4.79 Å². The van der Waals surface area contributed by atoms with Crippen LogP contribution in [0.1, 0.15) is 44.8 Å². The average Bonchev–Trinajstić information content (AvgIpc) is 3.08. The van der Waals surface area contributed by atoms with Crippen molar-refractivity contribution in [3.8, 4) is 0 Å². The van der Waals surface area contributed by atoms with E-state index < -0.39 is 0 Å². The molecule has 1 aliphatic rings. The van der Waals surface area contributed by atoms with Crippen molar-refractivity contribution in [3.05, 3.63) is 11.7 Å². The molecule has 0 bridgehead atoms. The van der Waals surface area contributed by atoms with E-state index in [4.69, 9.17) is 9.26 Å². The molecule has 1 fully saturated rings. The van der Waals surface area contributed by atoms with Gasteiger partial charge in [-0.2, -0.15) is 4.98 Å². The fraction of sp³-hybridized carbons (Fsp3) is 0.786. The first kappa shape index (κ1) is 15.8. The minimum Gasteiger partial charge on any atom is -0.450 e. The molecule has 1 aromatic heterocycles. The van der Waals surface area contributed by atoms with Gasteiger partial charge in [0.05, 0.1) is 6.61 Å². The Hall–Kier alpha value is -1.63. The van der Waals surface area contributed by atoms with Crippen LogP contribution in [-0.4, -0.2) is 53.4 Å². The molecule has 1 N–H and O–H groups in total. The van der Waals surface area contributed by atoms with Gasteiger partial charge in [0, 0.05) is 38.0 Å². The molecular weight excluding hydrogens is 272 g/mol. The number of nitrogens with one attached hydrogen (secondary N) is 1. The standard InChI is InChI=1S/C14H24N4O3/c1-4-20-14(19)18-8-6-11(9-18)15-7-5-12-16-13(10(2)3)21-17-12/h10-11,15H,4-9H2,1-3H3/t11-/m0/s1.